The van der Waals surface area contributed by atoms with E-state index in [-0.39, 0.29) is 24.2 Å². The SMILES string of the molecule is COc1ccc(OC)c(CN(C(=O)CCc2ccc(Br)cc2F)C2CC2)c1. The lowest BCUT2D eigenvalue weighted by Gasteiger charge is -2.24. The number of carbonyl (C=O) groups excluding carboxylic acids is 1. The number of aryl methyl sites for hydroxylation is 1. The Morgan fingerprint density at radius 1 is 1.15 bits per heavy atom. The topological polar surface area (TPSA) is 38.8 Å². The summed E-state index contributed by atoms with van der Waals surface area (Å²) >= 11 is 3.25. The van der Waals surface area contributed by atoms with E-state index in [2.05, 4.69) is 15.9 Å². The number of hydrogen-bond donors (Lipinski definition) is 0. The van der Waals surface area contributed by atoms with Crippen molar-refractivity contribution in [3.8, 4) is 11.5 Å². The molecule has 2 aromatic carbocycles. The number of hydrogen-bond acceptors (Lipinski definition) is 3. The van der Waals surface area contributed by atoms with Crippen molar-refractivity contribution in [1.29, 1.82) is 0 Å². The van der Waals surface area contributed by atoms with E-state index in [4.69, 9.17) is 9.47 Å². The van der Waals surface area contributed by atoms with Crippen molar-refractivity contribution in [2.24, 2.45) is 0 Å². The lowest BCUT2D eigenvalue weighted by molar-refractivity contribution is -0.132. The molecule has 4 nitrogen and oxygen atoms in total. The Hall–Kier alpha value is -2.08. The number of benzene rings is 2. The Morgan fingerprint density at radius 3 is 2.56 bits per heavy atom. The molecule has 0 radical (unpaired) electrons. The third-order valence-electron chi connectivity index (χ3n) is 4.76. The molecule has 3 rings (SSSR count). The van der Waals surface area contributed by atoms with E-state index in [1.165, 1.54) is 6.07 Å². The molecule has 1 amide bonds. The van der Waals surface area contributed by atoms with Crippen molar-refractivity contribution >= 4 is 21.8 Å². The molecule has 0 heterocycles. The van der Waals surface area contributed by atoms with E-state index < -0.39 is 0 Å². The van der Waals surface area contributed by atoms with Crippen LogP contribution in [0.3, 0.4) is 0 Å². The predicted molar refractivity (Wildman–Crippen MR) is 106 cm³/mol. The second kappa shape index (κ2) is 8.74. The maximum atomic E-state index is 14.0. The summed E-state index contributed by atoms with van der Waals surface area (Å²) in [6.07, 6.45) is 2.67. The van der Waals surface area contributed by atoms with Crippen molar-refractivity contribution in [3.05, 3.63) is 57.8 Å². The molecule has 0 unspecified atom stereocenters. The molecular formula is C21H23BrFNO3. The highest BCUT2D eigenvalue weighted by atomic mass is 79.9. The van der Waals surface area contributed by atoms with Crippen LogP contribution < -0.4 is 9.47 Å². The van der Waals surface area contributed by atoms with Gasteiger partial charge < -0.3 is 14.4 Å². The summed E-state index contributed by atoms with van der Waals surface area (Å²) in [5, 5.41) is 0. The Bertz CT molecular complexity index is 823. The van der Waals surface area contributed by atoms with E-state index >= 15 is 0 Å². The predicted octanol–water partition coefficient (Wildman–Crippen LogP) is 4.73. The van der Waals surface area contributed by atoms with E-state index in [0.717, 1.165) is 29.9 Å². The first kappa shape index (κ1) is 19.7. The van der Waals surface area contributed by atoms with Gasteiger partial charge in [-0.2, -0.15) is 0 Å². The monoisotopic (exact) mass is 435 g/mol. The van der Waals surface area contributed by atoms with Crippen LogP contribution in [0.15, 0.2) is 40.9 Å². The van der Waals surface area contributed by atoms with Gasteiger partial charge >= 0.3 is 0 Å². The normalized spacial score (nSPS) is 13.3. The number of amides is 1. The molecule has 0 spiro atoms. The van der Waals surface area contributed by atoms with Crippen LogP contribution in [0.1, 0.15) is 30.4 Å². The van der Waals surface area contributed by atoms with Crippen LogP contribution in [-0.2, 0) is 17.8 Å². The average Bonchev–Trinajstić information content (AvgIpc) is 3.50. The zero-order valence-electron chi connectivity index (χ0n) is 15.5. The molecule has 2 aromatic rings. The van der Waals surface area contributed by atoms with Crippen LogP contribution in [0.5, 0.6) is 11.5 Å². The average molecular weight is 436 g/mol. The van der Waals surface area contributed by atoms with Crippen molar-refractivity contribution < 1.29 is 18.7 Å². The summed E-state index contributed by atoms with van der Waals surface area (Å²) < 4.78 is 25.4. The van der Waals surface area contributed by atoms with Gasteiger partial charge in [0, 0.05) is 29.0 Å². The molecule has 0 saturated heterocycles. The molecule has 0 aromatic heterocycles. The lowest BCUT2D eigenvalue weighted by Crippen LogP contribution is -2.33. The minimum Gasteiger partial charge on any atom is -0.497 e. The van der Waals surface area contributed by atoms with Gasteiger partial charge in [-0.05, 0) is 55.2 Å². The summed E-state index contributed by atoms with van der Waals surface area (Å²) in [4.78, 5) is 14.7. The molecule has 1 aliphatic carbocycles. The zero-order chi connectivity index (χ0) is 19.4. The van der Waals surface area contributed by atoms with Gasteiger partial charge in [-0.3, -0.25) is 4.79 Å². The van der Waals surface area contributed by atoms with Gasteiger partial charge in [0.25, 0.3) is 0 Å². The first-order valence-electron chi connectivity index (χ1n) is 8.96. The summed E-state index contributed by atoms with van der Waals surface area (Å²) in [7, 11) is 3.23. The maximum absolute atomic E-state index is 14.0. The highest BCUT2D eigenvalue weighted by Gasteiger charge is 2.33. The summed E-state index contributed by atoms with van der Waals surface area (Å²) in [6.45, 7) is 0.465. The number of carbonyl (C=O) groups is 1. The zero-order valence-corrected chi connectivity index (χ0v) is 17.1. The van der Waals surface area contributed by atoms with Gasteiger partial charge in [-0.25, -0.2) is 4.39 Å². The van der Waals surface area contributed by atoms with E-state index in [1.807, 2.05) is 23.1 Å². The van der Waals surface area contributed by atoms with E-state index in [0.29, 0.717) is 23.0 Å². The minimum atomic E-state index is -0.287. The van der Waals surface area contributed by atoms with Crippen molar-refractivity contribution in [3.63, 3.8) is 0 Å². The van der Waals surface area contributed by atoms with Crippen LogP contribution in [0.2, 0.25) is 0 Å². The molecule has 144 valence electrons. The molecule has 0 N–H and O–H groups in total. The van der Waals surface area contributed by atoms with Crippen LogP contribution >= 0.6 is 15.9 Å². The quantitative estimate of drug-likeness (QED) is 0.601. The standard InChI is InChI=1S/C21H23BrFNO3/c1-26-18-8-9-20(27-2)15(11-18)13-24(17-6-7-17)21(25)10-4-14-3-5-16(22)12-19(14)23/h3,5,8-9,11-12,17H,4,6-7,10,13H2,1-2H3. The maximum Gasteiger partial charge on any atom is 0.223 e. The summed E-state index contributed by atoms with van der Waals surface area (Å²) in [5.41, 5.74) is 1.47. The fourth-order valence-corrected chi connectivity index (χ4v) is 3.44. The highest BCUT2D eigenvalue weighted by Crippen LogP contribution is 2.32. The van der Waals surface area contributed by atoms with Gasteiger partial charge in [0.15, 0.2) is 0 Å². The fraction of sp³-hybridized carbons (Fsp3) is 0.381. The largest absolute Gasteiger partial charge is 0.497 e. The molecule has 1 aliphatic rings. The van der Waals surface area contributed by atoms with Crippen LogP contribution in [0.4, 0.5) is 4.39 Å². The van der Waals surface area contributed by atoms with Crippen molar-refractivity contribution in [2.45, 2.75) is 38.3 Å². The van der Waals surface area contributed by atoms with Crippen molar-refractivity contribution in [1.82, 2.24) is 4.90 Å². The number of methoxy groups -OCH3 is 2. The van der Waals surface area contributed by atoms with Gasteiger partial charge in [0.2, 0.25) is 5.91 Å². The summed E-state index contributed by atoms with van der Waals surface area (Å²) in [6, 6.07) is 10.8. The molecule has 27 heavy (non-hydrogen) atoms. The lowest BCUT2D eigenvalue weighted by atomic mass is 10.1. The molecule has 0 atom stereocenters. The van der Waals surface area contributed by atoms with Crippen molar-refractivity contribution in [2.75, 3.05) is 14.2 Å². The first-order chi connectivity index (χ1) is 13.0. The molecule has 0 aliphatic heterocycles. The van der Waals surface area contributed by atoms with Gasteiger partial charge in [-0.15, -0.1) is 0 Å². The third-order valence-corrected chi connectivity index (χ3v) is 5.25. The second-order valence-electron chi connectivity index (χ2n) is 6.67. The van der Waals surface area contributed by atoms with Crippen LogP contribution in [0, 0.1) is 5.82 Å². The third kappa shape index (κ3) is 5.01. The second-order valence-corrected chi connectivity index (χ2v) is 7.58. The number of halogens is 2. The highest BCUT2D eigenvalue weighted by molar-refractivity contribution is 9.10. The van der Waals surface area contributed by atoms with Crippen LogP contribution in [-0.4, -0.2) is 31.1 Å². The molecular weight excluding hydrogens is 413 g/mol. The fourth-order valence-electron chi connectivity index (χ4n) is 3.11. The molecule has 0 bridgehead atoms. The van der Waals surface area contributed by atoms with Gasteiger partial charge in [0.05, 0.1) is 14.2 Å². The molecule has 1 saturated carbocycles. The molecule has 1 fully saturated rings. The Morgan fingerprint density at radius 2 is 1.93 bits per heavy atom. The number of ether oxygens (including phenoxy) is 2. The van der Waals surface area contributed by atoms with Gasteiger partial charge in [0.1, 0.15) is 17.3 Å². The summed E-state index contributed by atoms with van der Waals surface area (Å²) in [5.74, 6) is 1.20. The Balaban J connectivity index is 1.71. The minimum absolute atomic E-state index is 0.0321. The first-order valence-corrected chi connectivity index (χ1v) is 9.75. The van der Waals surface area contributed by atoms with Crippen LogP contribution in [0.25, 0.3) is 0 Å². The van der Waals surface area contributed by atoms with E-state index in [1.54, 1.807) is 26.4 Å². The Labute approximate surface area is 167 Å². The Kier molecular flexibility index (Phi) is 6.37. The number of rotatable bonds is 8. The smallest absolute Gasteiger partial charge is 0.223 e. The van der Waals surface area contributed by atoms with Gasteiger partial charge in [-0.1, -0.05) is 22.0 Å². The van der Waals surface area contributed by atoms with E-state index in [9.17, 15) is 9.18 Å². The number of nitrogens with zero attached hydrogens (tertiary/aromatic N) is 1. The molecule has 6 heteroatoms.